The van der Waals surface area contributed by atoms with E-state index in [1.54, 1.807) is 17.4 Å². The van der Waals surface area contributed by atoms with Crippen LogP contribution in [0.4, 0.5) is 15.8 Å². The van der Waals surface area contributed by atoms with Crippen LogP contribution in [0.1, 0.15) is 22.7 Å². The van der Waals surface area contributed by atoms with E-state index in [2.05, 4.69) is 24.4 Å². The predicted molar refractivity (Wildman–Crippen MR) is 78.5 cm³/mol. The molecule has 0 saturated carbocycles. The third kappa shape index (κ3) is 2.98. The van der Waals surface area contributed by atoms with Crippen LogP contribution in [-0.4, -0.2) is 7.11 Å². The number of benzene rings is 1. The van der Waals surface area contributed by atoms with Gasteiger partial charge in [0.05, 0.1) is 24.5 Å². The van der Waals surface area contributed by atoms with Gasteiger partial charge in [0.1, 0.15) is 0 Å². The zero-order valence-corrected chi connectivity index (χ0v) is 12.0. The Morgan fingerprint density at radius 1 is 1.37 bits per heavy atom. The average Bonchev–Trinajstić information content (AvgIpc) is 2.79. The molecule has 2 aromatic rings. The van der Waals surface area contributed by atoms with Gasteiger partial charge in [-0.05, 0) is 26.0 Å². The van der Waals surface area contributed by atoms with Gasteiger partial charge in [0.25, 0.3) is 0 Å². The first kappa shape index (κ1) is 13.7. The van der Waals surface area contributed by atoms with E-state index in [1.807, 2.05) is 6.92 Å². The third-order valence-electron chi connectivity index (χ3n) is 2.88. The van der Waals surface area contributed by atoms with Gasteiger partial charge in [-0.15, -0.1) is 11.3 Å². The Hall–Kier alpha value is -1.75. The van der Waals surface area contributed by atoms with Gasteiger partial charge in [0.15, 0.2) is 11.6 Å². The molecule has 5 heteroatoms. The average molecular weight is 280 g/mol. The minimum atomic E-state index is -0.454. The van der Waals surface area contributed by atoms with Crippen molar-refractivity contribution in [1.82, 2.24) is 0 Å². The molecule has 19 heavy (non-hydrogen) atoms. The van der Waals surface area contributed by atoms with E-state index in [4.69, 9.17) is 10.5 Å². The maximum Gasteiger partial charge on any atom is 0.167 e. The summed E-state index contributed by atoms with van der Waals surface area (Å²) in [5, 5.41) is 3.28. The predicted octanol–water partition coefficient (Wildman–Crippen LogP) is 3.96. The van der Waals surface area contributed by atoms with Crippen molar-refractivity contribution in [2.75, 3.05) is 18.2 Å². The number of methoxy groups -OCH3 is 1. The molecule has 0 fully saturated rings. The van der Waals surface area contributed by atoms with Crippen molar-refractivity contribution in [3.63, 3.8) is 0 Å². The van der Waals surface area contributed by atoms with Gasteiger partial charge in [0.2, 0.25) is 0 Å². The van der Waals surface area contributed by atoms with Crippen LogP contribution in [0.3, 0.4) is 0 Å². The minimum absolute atomic E-state index is 0.108. The van der Waals surface area contributed by atoms with Gasteiger partial charge in [-0.3, -0.25) is 0 Å². The number of nitrogens with two attached hydrogens (primary N) is 1. The molecule has 3 nitrogen and oxygen atoms in total. The number of thiophene rings is 1. The third-order valence-corrected chi connectivity index (χ3v) is 4.07. The highest BCUT2D eigenvalue weighted by Crippen LogP contribution is 2.32. The molecule has 0 saturated heterocycles. The lowest BCUT2D eigenvalue weighted by atomic mass is 10.2. The number of anilines is 2. The highest BCUT2D eigenvalue weighted by atomic mass is 32.1. The maximum atomic E-state index is 13.5. The van der Waals surface area contributed by atoms with E-state index in [9.17, 15) is 4.39 Å². The summed E-state index contributed by atoms with van der Waals surface area (Å²) in [6, 6.07) is 7.12. The smallest absolute Gasteiger partial charge is 0.167 e. The van der Waals surface area contributed by atoms with Crippen LogP contribution in [0.2, 0.25) is 0 Å². The molecule has 0 bridgehead atoms. The summed E-state index contributed by atoms with van der Waals surface area (Å²) in [6.07, 6.45) is 0. The van der Waals surface area contributed by atoms with Gasteiger partial charge < -0.3 is 15.8 Å². The molecule has 0 amide bonds. The molecule has 0 radical (unpaired) electrons. The summed E-state index contributed by atoms with van der Waals surface area (Å²) in [5.41, 5.74) is 6.87. The SMILES string of the molecule is COc1cc(NC(C)c2ccc(C)s2)c(N)cc1F. The van der Waals surface area contributed by atoms with Crippen molar-refractivity contribution in [2.24, 2.45) is 0 Å². The Balaban J connectivity index is 2.23. The molecule has 3 N–H and O–H groups in total. The topological polar surface area (TPSA) is 47.3 Å². The number of rotatable bonds is 4. The monoisotopic (exact) mass is 280 g/mol. The van der Waals surface area contributed by atoms with E-state index < -0.39 is 5.82 Å². The van der Waals surface area contributed by atoms with Gasteiger partial charge >= 0.3 is 0 Å². The van der Waals surface area contributed by atoms with Crippen LogP contribution >= 0.6 is 11.3 Å². The Morgan fingerprint density at radius 3 is 2.68 bits per heavy atom. The number of nitrogens with one attached hydrogen (secondary N) is 1. The molecule has 0 aliphatic rings. The fraction of sp³-hybridized carbons (Fsp3) is 0.286. The molecule has 1 aromatic carbocycles. The van der Waals surface area contributed by atoms with Crippen LogP contribution in [0.15, 0.2) is 24.3 Å². The largest absolute Gasteiger partial charge is 0.494 e. The molecule has 0 spiro atoms. The number of aryl methyl sites for hydroxylation is 1. The summed E-state index contributed by atoms with van der Waals surface area (Å²) in [4.78, 5) is 2.47. The van der Waals surface area contributed by atoms with E-state index in [1.165, 1.54) is 22.9 Å². The fourth-order valence-corrected chi connectivity index (χ4v) is 2.72. The number of nitrogen functional groups attached to an aromatic ring is 1. The van der Waals surface area contributed by atoms with Crippen LogP contribution in [-0.2, 0) is 0 Å². The molecular weight excluding hydrogens is 263 g/mol. The zero-order valence-electron chi connectivity index (χ0n) is 11.2. The van der Waals surface area contributed by atoms with Crippen LogP contribution in [0.5, 0.6) is 5.75 Å². The first-order valence-electron chi connectivity index (χ1n) is 5.97. The van der Waals surface area contributed by atoms with E-state index in [0.717, 1.165) is 0 Å². The lowest BCUT2D eigenvalue weighted by Gasteiger charge is -2.16. The molecule has 1 aromatic heterocycles. The van der Waals surface area contributed by atoms with Gasteiger partial charge in [-0.1, -0.05) is 0 Å². The quantitative estimate of drug-likeness (QED) is 0.833. The standard InChI is InChI=1S/C14H17FN2OS/c1-8-4-5-14(19-8)9(2)17-12-7-13(18-3)10(15)6-11(12)16/h4-7,9,17H,16H2,1-3H3. The van der Waals surface area contributed by atoms with E-state index in [-0.39, 0.29) is 11.8 Å². The van der Waals surface area contributed by atoms with Crippen molar-refractivity contribution in [3.05, 3.63) is 39.8 Å². The lowest BCUT2D eigenvalue weighted by molar-refractivity contribution is 0.387. The fourth-order valence-electron chi connectivity index (χ4n) is 1.84. The second-order valence-electron chi connectivity index (χ2n) is 4.39. The number of halogens is 1. The van der Waals surface area contributed by atoms with Crippen LogP contribution in [0.25, 0.3) is 0 Å². The molecule has 1 heterocycles. The van der Waals surface area contributed by atoms with Gasteiger partial charge in [-0.2, -0.15) is 0 Å². The Morgan fingerprint density at radius 2 is 2.11 bits per heavy atom. The van der Waals surface area contributed by atoms with Crippen molar-refractivity contribution in [1.29, 1.82) is 0 Å². The van der Waals surface area contributed by atoms with E-state index in [0.29, 0.717) is 11.4 Å². The molecule has 1 atom stereocenters. The number of ether oxygens (including phenoxy) is 1. The van der Waals surface area contributed by atoms with Gasteiger partial charge in [0, 0.05) is 21.9 Å². The second-order valence-corrected chi connectivity index (χ2v) is 5.71. The van der Waals surface area contributed by atoms with Crippen LogP contribution in [0, 0.1) is 12.7 Å². The summed E-state index contributed by atoms with van der Waals surface area (Å²) in [6.45, 7) is 4.11. The highest BCUT2D eigenvalue weighted by molar-refractivity contribution is 7.12. The molecule has 2 rings (SSSR count). The maximum absolute atomic E-state index is 13.5. The summed E-state index contributed by atoms with van der Waals surface area (Å²) in [5.74, 6) is -0.267. The van der Waals surface area contributed by atoms with E-state index >= 15 is 0 Å². The second kappa shape index (κ2) is 5.48. The summed E-state index contributed by atoms with van der Waals surface area (Å²) in [7, 11) is 1.43. The Bertz CT molecular complexity index is 583. The summed E-state index contributed by atoms with van der Waals surface area (Å²) >= 11 is 1.73. The first-order valence-corrected chi connectivity index (χ1v) is 6.78. The van der Waals surface area contributed by atoms with Crippen molar-refractivity contribution in [2.45, 2.75) is 19.9 Å². The minimum Gasteiger partial charge on any atom is -0.494 e. The van der Waals surface area contributed by atoms with Crippen molar-refractivity contribution < 1.29 is 9.13 Å². The number of hydrogen-bond donors (Lipinski definition) is 2. The van der Waals surface area contributed by atoms with Gasteiger partial charge in [-0.25, -0.2) is 4.39 Å². The van der Waals surface area contributed by atoms with Crippen molar-refractivity contribution in [3.8, 4) is 5.75 Å². The molecule has 102 valence electrons. The normalized spacial score (nSPS) is 12.2. The zero-order chi connectivity index (χ0) is 14.0. The van der Waals surface area contributed by atoms with Crippen molar-refractivity contribution >= 4 is 22.7 Å². The highest BCUT2D eigenvalue weighted by Gasteiger charge is 2.12. The molecule has 0 aliphatic heterocycles. The first-order chi connectivity index (χ1) is 9.01. The Labute approximate surface area is 116 Å². The lowest BCUT2D eigenvalue weighted by Crippen LogP contribution is -2.07. The van der Waals surface area contributed by atoms with Crippen LogP contribution < -0.4 is 15.8 Å². The number of hydrogen-bond acceptors (Lipinski definition) is 4. The molecule has 0 aliphatic carbocycles. The molecular formula is C14H17FN2OS. The molecule has 1 unspecified atom stereocenters. The summed E-state index contributed by atoms with van der Waals surface area (Å²) < 4.78 is 18.4. The Kier molecular flexibility index (Phi) is 3.95.